The van der Waals surface area contributed by atoms with Crippen LogP contribution in [-0.4, -0.2) is 28.9 Å². The molecule has 4 fully saturated rings. The molecule has 3 N–H and O–H groups in total. The highest BCUT2D eigenvalue weighted by atomic mass is 19.4. The first-order chi connectivity index (χ1) is 16.7. The Balaban J connectivity index is 0.000000871. The average molecular weight is 514 g/mol. The Bertz CT molecular complexity index is 788. The van der Waals surface area contributed by atoms with Crippen molar-refractivity contribution in [3.05, 3.63) is 30.1 Å². The lowest BCUT2D eigenvalue weighted by Gasteiger charge is -2.61. The van der Waals surface area contributed by atoms with Crippen molar-refractivity contribution in [3.63, 3.8) is 0 Å². The second kappa shape index (κ2) is 12.6. The van der Waals surface area contributed by atoms with Gasteiger partial charge in [-0.1, -0.05) is 33.8 Å². The first-order valence-electron chi connectivity index (χ1n) is 14.1. The van der Waals surface area contributed by atoms with E-state index >= 15 is 0 Å². The maximum Gasteiger partial charge on any atom is 0.389 e. The molecule has 0 bridgehead atoms. The zero-order valence-electron chi connectivity index (χ0n) is 23.1. The monoisotopic (exact) mass is 513 g/mol. The predicted octanol–water partition coefficient (Wildman–Crippen LogP) is 7.98. The molecule has 8 unspecified atom stereocenters. The Hall–Kier alpha value is -1.14. The molecule has 4 saturated carbocycles. The van der Waals surface area contributed by atoms with Gasteiger partial charge in [-0.3, -0.25) is 4.98 Å². The van der Waals surface area contributed by atoms with Crippen molar-refractivity contribution < 1.29 is 23.8 Å². The fraction of sp³-hybridized carbons (Fsp3) is 0.833. The van der Waals surface area contributed by atoms with E-state index in [2.05, 4.69) is 37.2 Å². The van der Waals surface area contributed by atoms with Gasteiger partial charge in [0.1, 0.15) is 0 Å². The zero-order valence-corrected chi connectivity index (χ0v) is 23.1. The lowest BCUT2D eigenvalue weighted by molar-refractivity contribution is -0.144. The van der Waals surface area contributed by atoms with Crippen LogP contribution in [0.25, 0.3) is 0 Å². The molecule has 0 aromatic carbocycles. The van der Waals surface area contributed by atoms with E-state index in [0.29, 0.717) is 23.7 Å². The molecule has 3 nitrogen and oxygen atoms in total. The van der Waals surface area contributed by atoms with Crippen LogP contribution < -0.4 is 0 Å². The zero-order chi connectivity index (χ0) is 25.9. The van der Waals surface area contributed by atoms with Gasteiger partial charge in [-0.15, -0.1) is 0 Å². The number of aromatic nitrogens is 1. The fourth-order valence-electron chi connectivity index (χ4n) is 9.10. The molecule has 1 heterocycles. The number of pyridine rings is 1. The van der Waals surface area contributed by atoms with Gasteiger partial charge in [-0.2, -0.15) is 13.2 Å². The van der Waals surface area contributed by atoms with Crippen LogP contribution in [0.3, 0.4) is 0 Å². The largest absolute Gasteiger partial charge is 0.412 e. The molecule has 36 heavy (non-hydrogen) atoms. The van der Waals surface area contributed by atoms with Gasteiger partial charge >= 0.3 is 6.18 Å². The van der Waals surface area contributed by atoms with Crippen molar-refractivity contribution in [3.8, 4) is 0 Å². The van der Waals surface area contributed by atoms with E-state index in [9.17, 15) is 13.2 Å². The number of hydrogen-bond donors (Lipinski definition) is 1. The van der Waals surface area contributed by atoms with Crippen LogP contribution in [-0.2, 0) is 0 Å². The summed E-state index contributed by atoms with van der Waals surface area (Å²) in [6.07, 6.45) is 10.7. The summed E-state index contributed by atoms with van der Waals surface area (Å²) in [6, 6.07) is 4.31. The Morgan fingerprint density at radius 2 is 1.61 bits per heavy atom. The number of aliphatic hydroxyl groups excluding tert-OH is 1. The number of fused-ring (bicyclic) bond motifs is 5. The third-order valence-electron chi connectivity index (χ3n) is 10.8. The molecule has 4 aliphatic carbocycles. The molecular formula is C30H50F3NO2. The van der Waals surface area contributed by atoms with Crippen LogP contribution in [0.5, 0.6) is 0 Å². The summed E-state index contributed by atoms with van der Waals surface area (Å²) in [5.74, 6) is 3.88. The molecule has 0 saturated heterocycles. The van der Waals surface area contributed by atoms with Crippen molar-refractivity contribution in [1.29, 1.82) is 0 Å². The molecule has 208 valence electrons. The molecule has 1 aromatic heterocycles. The van der Waals surface area contributed by atoms with Crippen molar-refractivity contribution in [1.82, 2.24) is 4.98 Å². The van der Waals surface area contributed by atoms with Crippen LogP contribution >= 0.6 is 0 Å². The fourth-order valence-corrected chi connectivity index (χ4v) is 9.10. The molecule has 4 aliphatic rings. The number of hydrogen-bond acceptors (Lipinski definition) is 2. The highest BCUT2D eigenvalue weighted by molar-refractivity contribution is 5.18. The second-order valence-electron chi connectivity index (χ2n) is 11.9. The smallest absolute Gasteiger partial charge is 0.389 e. The molecule has 0 aliphatic heterocycles. The number of halogens is 3. The maximum atomic E-state index is 12.9. The Labute approximate surface area is 217 Å². The van der Waals surface area contributed by atoms with Gasteiger partial charge in [0.05, 0.1) is 0 Å². The second-order valence-corrected chi connectivity index (χ2v) is 11.9. The summed E-state index contributed by atoms with van der Waals surface area (Å²) in [6.45, 7) is 8.93. The van der Waals surface area contributed by atoms with E-state index < -0.39 is 12.6 Å². The Morgan fingerprint density at radius 1 is 0.944 bits per heavy atom. The number of nitrogens with zero attached hydrogens (tertiary/aromatic N) is 1. The minimum atomic E-state index is -4.01. The third-order valence-corrected chi connectivity index (χ3v) is 10.8. The van der Waals surface area contributed by atoms with Gasteiger partial charge in [0.15, 0.2) is 0 Å². The highest BCUT2D eigenvalue weighted by Crippen LogP contribution is 2.68. The molecule has 0 spiro atoms. The Kier molecular flexibility index (Phi) is 10.9. The summed E-state index contributed by atoms with van der Waals surface area (Å²) in [5, 5.41) is 7.00. The summed E-state index contributed by atoms with van der Waals surface area (Å²) in [4.78, 5) is 4.36. The minimum absolute atomic E-state index is 0. The van der Waals surface area contributed by atoms with Gasteiger partial charge in [-0.05, 0) is 122 Å². The van der Waals surface area contributed by atoms with Gasteiger partial charge in [-0.25, -0.2) is 0 Å². The maximum absolute atomic E-state index is 12.9. The summed E-state index contributed by atoms with van der Waals surface area (Å²) in [7, 11) is 1.00. The van der Waals surface area contributed by atoms with Gasteiger partial charge in [0, 0.05) is 25.9 Å². The minimum Gasteiger partial charge on any atom is -0.412 e. The van der Waals surface area contributed by atoms with Crippen molar-refractivity contribution in [2.75, 3.05) is 7.11 Å². The topological polar surface area (TPSA) is 64.6 Å². The van der Waals surface area contributed by atoms with Gasteiger partial charge in [0.2, 0.25) is 0 Å². The molecule has 0 amide bonds. The normalized spacial score (nSPS) is 39.0. The molecule has 8 atom stereocenters. The molecular weight excluding hydrogens is 463 g/mol. The number of aliphatic hydroxyl groups is 1. The Morgan fingerprint density at radius 3 is 2.25 bits per heavy atom. The van der Waals surface area contributed by atoms with Crippen LogP contribution in [0, 0.1) is 40.4 Å². The van der Waals surface area contributed by atoms with Crippen molar-refractivity contribution in [2.24, 2.45) is 40.4 Å². The van der Waals surface area contributed by atoms with Crippen molar-refractivity contribution >= 4 is 0 Å². The van der Waals surface area contributed by atoms with E-state index in [-0.39, 0.29) is 16.8 Å². The summed E-state index contributed by atoms with van der Waals surface area (Å²) < 4.78 is 38.7. The lowest BCUT2D eigenvalue weighted by atomic mass is 9.44. The van der Waals surface area contributed by atoms with E-state index in [1.54, 1.807) is 0 Å². The van der Waals surface area contributed by atoms with E-state index in [1.807, 2.05) is 20.0 Å². The van der Waals surface area contributed by atoms with E-state index in [4.69, 9.17) is 5.11 Å². The third kappa shape index (κ3) is 5.95. The van der Waals surface area contributed by atoms with Crippen LogP contribution in [0.15, 0.2) is 24.5 Å². The predicted molar refractivity (Wildman–Crippen MR) is 141 cm³/mol. The SMILES string of the molecule is CC.CC12CCC3C(CCC4CC(c5cccnc5)CCC43C)C1CCC2CCC(F)(F)F.CO.O. The van der Waals surface area contributed by atoms with Gasteiger partial charge < -0.3 is 10.6 Å². The number of rotatable bonds is 3. The van der Waals surface area contributed by atoms with Gasteiger partial charge in [0.25, 0.3) is 0 Å². The van der Waals surface area contributed by atoms with E-state index in [0.717, 1.165) is 37.7 Å². The van der Waals surface area contributed by atoms with Crippen LogP contribution in [0.2, 0.25) is 0 Å². The standard InChI is InChI=1S/C27H38F3N.C2H6.CH4O.H2O/c1-25-13-11-24-22(23(25)8-6-20(25)10-14-27(28,29)30)7-5-21-16-18(9-12-26(21,24)2)19-4-3-15-31-17-19;2*1-2;/h3-4,15,17-18,20-24H,5-14,16H2,1-2H3;1-2H3;2H,1H3;1H2. The highest BCUT2D eigenvalue weighted by Gasteiger charge is 2.60. The average Bonchev–Trinajstić information content (AvgIpc) is 3.21. The van der Waals surface area contributed by atoms with Crippen LogP contribution in [0.4, 0.5) is 13.2 Å². The van der Waals surface area contributed by atoms with Crippen LogP contribution in [0.1, 0.15) is 110 Å². The molecule has 0 radical (unpaired) electrons. The summed E-state index contributed by atoms with van der Waals surface area (Å²) in [5.41, 5.74) is 1.97. The molecule has 1 aromatic rings. The van der Waals surface area contributed by atoms with Crippen molar-refractivity contribution in [2.45, 2.75) is 110 Å². The van der Waals surface area contributed by atoms with E-state index in [1.165, 1.54) is 50.5 Å². The molecule has 5 rings (SSSR count). The summed E-state index contributed by atoms with van der Waals surface area (Å²) >= 11 is 0. The molecule has 6 heteroatoms. The first-order valence-corrected chi connectivity index (χ1v) is 14.1. The first kappa shape index (κ1) is 31.1. The number of alkyl halides is 3. The quantitative estimate of drug-likeness (QED) is 0.445. The lowest BCUT2D eigenvalue weighted by Crippen LogP contribution is -2.53.